The van der Waals surface area contributed by atoms with Crippen molar-refractivity contribution in [1.82, 2.24) is 4.90 Å². The van der Waals surface area contributed by atoms with Gasteiger partial charge in [0.2, 0.25) is 0 Å². The fourth-order valence-electron chi connectivity index (χ4n) is 3.33. The summed E-state index contributed by atoms with van der Waals surface area (Å²) in [5, 5.41) is 1.33. The first kappa shape index (κ1) is 19.2. The highest BCUT2D eigenvalue weighted by Gasteiger charge is 2.32. The average molecular weight is 416 g/mol. The Labute approximate surface area is 174 Å². The number of anilines is 1. The Hall–Kier alpha value is -2.18. The van der Waals surface area contributed by atoms with E-state index in [1.807, 2.05) is 37.3 Å². The minimum absolute atomic E-state index is 0.0452. The molecule has 0 aliphatic carbocycles. The van der Waals surface area contributed by atoms with Gasteiger partial charge in [-0.05, 0) is 68.3 Å². The standard InChI is InChI=1S/C21H22ClN3O2S/c1-2-25-20(26)18(28-21(25)23-16-8-6-15(22)7-9-16)14-17-10-11-19(27-17)24-12-4-3-5-13-24/h6-11,14H,2-5,12-13H2,1H3/b18-14+,23-21?. The van der Waals surface area contributed by atoms with Crippen molar-refractivity contribution in [2.24, 2.45) is 4.99 Å². The second-order valence-corrected chi connectivity index (χ2v) is 8.20. The molecule has 146 valence electrons. The maximum Gasteiger partial charge on any atom is 0.266 e. The van der Waals surface area contributed by atoms with E-state index in [9.17, 15) is 4.79 Å². The molecule has 0 bridgehead atoms. The van der Waals surface area contributed by atoms with Crippen LogP contribution < -0.4 is 4.90 Å². The number of carbonyl (C=O) groups excluding carboxylic acids is 1. The number of halogens is 1. The molecule has 0 N–H and O–H groups in total. The van der Waals surface area contributed by atoms with Crippen LogP contribution in [-0.4, -0.2) is 35.6 Å². The molecule has 2 fully saturated rings. The van der Waals surface area contributed by atoms with Gasteiger partial charge in [-0.2, -0.15) is 0 Å². The maximum atomic E-state index is 12.8. The predicted octanol–water partition coefficient (Wildman–Crippen LogP) is 5.55. The van der Waals surface area contributed by atoms with E-state index in [1.165, 1.54) is 31.0 Å². The molecule has 0 radical (unpaired) electrons. The van der Waals surface area contributed by atoms with E-state index >= 15 is 0 Å². The number of hydrogen-bond donors (Lipinski definition) is 0. The van der Waals surface area contributed by atoms with E-state index < -0.39 is 0 Å². The van der Waals surface area contributed by atoms with Gasteiger partial charge < -0.3 is 9.32 Å². The summed E-state index contributed by atoms with van der Waals surface area (Å²) in [5.74, 6) is 1.53. The summed E-state index contributed by atoms with van der Waals surface area (Å²) < 4.78 is 5.98. The topological polar surface area (TPSA) is 49.1 Å². The Bertz CT molecular complexity index is 914. The van der Waals surface area contributed by atoms with E-state index in [0.29, 0.717) is 27.4 Å². The van der Waals surface area contributed by atoms with E-state index in [-0.39, 0.29) is 5.91 Å². The maximum absolute atomic E-state index is 12.8. The number of thioether (sulfide) groups is 1. The summed E-state index contributed by atoms with van der Waals surface area (Å²) in [6.45, 7) is 4.56. The number of aliphatic imine (C=N–C) groups is 1. The van der Waals surface area contributed by atoms with Crippen molar-refractivity contribution in [3.63, 3.8) is 0 Å². The monoisotopic (exact) mass is 415 g/mol. The van der Waals surface area contributed by atoms with Gasteiger partial charge in [-0.15, -0.1) is 0 Å². The predicted molar refractivity (Wildman–Crippen MR) is 116 cm³/mol. The van der Waals surface area contributed by atoms with Crippen LogP contribution in [0, 0.1) is 0 Å². The summed E-state index contributed by atoms with van der Waals surface area (Å²) in [4.78, 5) is 22.0. The summed E-state index contributed by atoms with van der Waals surface area (Å²) in [5.41, 5.74) is 0.768. The lowest BCUT2D eigenvalue weighted by Gasteiger charge is -2.25. The summed E-state index contributed by atoms with van der Waals surface area (Å²) in [6.07, 6.45) is 5.48. The minimum atomic E-state index is -0.0452. The van der Waals surface area contributed by atoms with Gasteiger partial charge in [0.25, 0.3) is 5.91 Å². The van der Waals surface area contributed by atoms with E-state index in [1.54, 1.807) is 17.0 Å². The second-order valence-electron chi connectivity index (χ2n) is 6.75. The molecule has 2 aliphatic heterocycles. The molecule has 2 aliphatic rings. The van der Waals surface area contributed by atoms with Crippen LogP contribution in [0.25, 0.3) is 6.08 Å². The zero-order chi connectivity index (χ0) is 19.5. The first-order valence-corrected chi connectivity index (χ1v) is 10.7. The molecular weight excluding hydrogens is 394 g/mol. The van der Waals surface area contributed by atoms with Gasteiger partial charge >= 0.3 is 0 Å². The number of benzene rings is 1. The smallest absolute Gasteiger partial charge is 0.266 e. The lowest BCUT2D eigenvalue weighted by atomic mass is 10.1. The van der Waals surface area contributed by atoms with Crippen LogP contribution in [0.3, 0.4) is 0 Å². The highest BCUT2D eigenvalue weighted by atomic mass is 35.5. The third kappa shape index (κ3) is 4.13. The van der Waals surface area contributed by atoms with Gasteiger partial charge in [0.15, 0.2) is 11.1 Å². The SMILES string of the molecule is CCN1C(=O)/C(=C\c2ccc(N3CCCCC3)o2)SC1=Nc1ccc(Cl)cc1. The molecule has 1 amide bonds. The quantitative estimate of drug-likeness (QED) is 0.614. The Balaban J connectivity index is 1.55. The normalized spacial score (nSPS) is 20.6. The van der Waals surface area contributed by atoms with Crippen molar-refractivity contribution in [2.75, 3.05) is 24.5 Å². The van der Waals surface area contributed by atoms with Crippen molar-refractivity contribution in [3.8, 4) is 0 Å². The van der Waals surface area contributed by atoms with E-state index in [2.05, 4.69) is 9.89 Å². The van der Waals surface area contributed by atoms with Crippen LogP contribution in [0.5, 0.6) is 0 Å². The molecule has 2 aromatic rings. The van der Waals surface area contributed by atoms with Crippen LogP contribution in [0.2, 0.25) is 5.02 Å². The van der Waals surface area contributed by atoms with Gasteiger partial charge in [-0.1, -0.05) is 11.6 Å². The molecule has 28 heavy (non-hydrogen) atoms. The van der Waals surface area contributed by atoms with Crippen LogP contribution >= 0.6 is 23.4 Å². The number of hydrogen-bond acceptors (Lipinski definition) is 5. The number of amidine groups is 1. The first-order chi connectivity index (χ1) is 13.6. The lowest BCUT2D eigenvalue weighted by molar-refractivity contribution is -0.122. The highest BCUT2D eigenvalue weighted by molar-refractivity contribution is 8.18. The van der Waals surface area contributed by atoms with Crippen molar-refractivity contribution >= 4 is 52.1 Å². The average Bonchev–Trinajstić information content (AvgIpc) is 3.29. The molecule has 3 heterocycles. The van der Waals surface area contributed by atoms with E-state index in [0.717, 1.165) is 24.7 Å². The largest absolute Gasteiger partial charge is 0.441 e. The third-order valence-corrected chi connectivity index (χ3v) is 6.07. The summed E-state index contributed by atoms with van der Waals surface area (Å²) in [7, 11) is 0. The van der Waals surface area contributed by atoms with Gasteiger partial charge in [-0.3, -0.25) is 9.69 Å². The molecule has 2 saturated heterocycles. The fourth-order valence-corrected chi connectivity index (χ4v) is 4.50. The molecule has 1 aromatic heterocycles. The number of piperidine rings is 1. The summed E-state index contributed by atoms with van der Waals surface area (Å²) in [6, 6.07) is 11.2. The van der Waals surface area contributed by atoms with Crippen molar-refractivity contribution in [2.45, 2.75) is 26.2 Å². The Kier molecular flexibility index (Phi) is 5.78. The number of likely N-dealkylation sites (N-methyl/N-ethyl adjacent to an activating group) is 1. The number of rotatable bonds is 4. The molecule has 7 heteroatoms. The first-order valence-electron chi connectivity index (χ1n) is 9.54. The van der Waals surface area contributed by atoms with Gasteiger partial charge in [0, 0.05) is 36.8 Å². The fraction of sp³-hybridized carbons (Fsp3) is 0.333. The Morgan fingerprint density at radius 3 is 2.61 bits per heavy atom. The molecule has 0 saturated carbocycles. The molecular formula is C21H22ClN3O2S. The van der Waals surface area contributed by atoms with E-state index in [4.69, 9.17) is 16.0 Å². The minimum Gasteiger partial charge on any atom is -0.441 e. The molecule has 0 unspecified atom stereocenters. The molecule has 4 rings (SSSR count). The van der Waals surface area contributed by atoms with Crippen LogP contribution in [0.4, 0.5) is 11.6 Å². The van der Waals surface area contributed by atoms with Crippen LogP contribution in [0.1, 0.15) is 31.9 Å². The number of carbonyl (C=O) groups is 1. The lowest BCUT2D eigenvalue weighted by Crippen LogP contribution is -2.28. The zero-order valence-electron chi connectivity index (χ0n) is 15.7. The number of furan rings is 1. The van der Waals surface area contributed by atoms with Crippen molar-refractivity contribution in [1.29, 1.82) is 0 Å². The molecule has 0 atom stereocenters. The van der Waals surface area contributed by atoms with Crippen LogP contribution in [-0.2, 0) is 4.79 Å². The van der Waals surface area contributed by atoms with Crippen LogP contribution in [0.15, 0.2) is 50.7 Å². The van der Waals surface area contributed by atoms with Gasteiger partial charge in [0.05, 0.1) is 10.6 Å². The van der Waals surface area contributed by atoms with Crippen molar-refractivity contribution < 1.29 is 9.21 Å². The molecule has 0 spiro atoms. The highest BCUT2D eigenvalue weighted by Crippen LogP contribution is 2.35. The number of amides is 1. The van der Waals surface area contributed by atoms with Crippen molar-refractivity contribution in [3.05, 3.63) is 52.1 Å². The molecule has 1 aromatic carbocycles. The Morgan fingerprint density at radius 2 is 1.89 bits per heavy atom. The Morgan fingerprint density at radius 1 is 1.14 bits per heavy atom. The third-order valence-electron chi connectivity index (χ3n) is 4.81. The van der Waals surface area contributed by atoms with Gasteiger partial charge in [0.1, 0.15) is 5.76 Å². The molecule has 5 nitrogen and oxygen atoms in total. The van der Waals surface area contributed by atoms with Gasteiger partial charge in [-0.25, -0.2) is 4.99 Å². The number of nitrogens with zero attached hydrogens (tertiary/aromatic N) is 3. The summed E-state index contributed by atoms with van der Waals surface area (Å²) >= 11 is 7.31. The zero-order valence-corrected chi connectivity index (χ0v) is 17.3. The second kappa shape index (κ2) is 8.45.